The molecule has 1 aliphatic rings. The Balaban J connectivity index is 2.09. The monoisotopic (exact) mass is 204 g/mol. The summed E-state index contributed by atoms with van der Waals surface area (Å²) in [6.07, 6.45) is 2.42. The van der Waals surface area contributed by atoms with E-state index in [0.29, 0.717) is 13.0 Å². The summed E-state index contributed by atoms with van der Waals surface area (Å²) in [5.74, 6) is 0. The predicted molar refractivity (Wildman–Crippen MR) is 51.8 cm³/mol. The van der Waals surface area contributed by atoms with Crippen molar-refractivity contribution in [1.29, 1.82) is 0 Å². The molecule has 0 amide bonds. The fourth-order valence-corrected chi connectivity index (χ4v) is 1.53. The number of rotatable bonds is 6. The fraction of sp³-hybridized carbons (Fsp3) is 1.00. The van der Waals surface area contributed by atoms with E-state index in [-0.39, 0.29) is 12.9 Å². The zero-order chi connectivity index (χ0) is 10.4. The number of hydrogen-bond donors (Lipinski definition) is 2. The number of aliphatic hydroxyl groups is 2. The number of aliphatic hydroxyl groups excluding tert-OH is 2. The Morgan fingerprint density at radius 3 is 2.79 bits per heavy atom. The molecule has 1 heterocycles. The van der Waals surface area contributed by atoms with Gasteiger partial charge in [0.1, 0.15) is 6.10 Å². The largest absolute Gasteiger partial charge is 0.394 e. The third kappa shape index (κ3) is 3.53. The summed E-state index contributed by atoms with van der Waals surface area (Å²) in [5, 5.41) is 18.2. The van der Waals surface area contributed by atoms with Gasteiger partial charge < -0.3 is 19.7 Å². The lowest BCUT2D eigenvalue weighted by Crippen LogP contribution is -2.24. The van der Waals surface area contributed by atoms with Gasteiger partial charge in [-0.2, -0.15) is 0 Å². The predicted octanol–water partition coefficient (Wildman–Crippen LogP) is 0.661. The first-order chi connectivity index (χ1) is 6.77. The van der Waals surface area contributed by atoms with E-state index in [1.54, 1.807) is 0 Å². The van der Waals surface area contributed by atoms with Gasteiger partial charge in [-0.25, -0.2) is 0 Å². The molecule has 4 heteroatoms. The van der Waals surface area contributed by atoms with E-state index in [9.17, 15) is 5.11 Å². The molecule has 1 unspecified atom stereocenters. The fourth-order valence-electron chi connectivity index (χ4n) is 1.53. The van der Waals surface area contributed by atoms with Crippen LogP contribution < -0.4 is 0 Å². The van der Waals surface area contributed by atoms with Crippen LogP contribution in [0.2, 0.25) is 0 Å². The minimum absolute atomic E-state index is 0.143. The molecule has 0 radical (unpaired) electrons. The molecule has 0 spiro atoms. The molecule has 1 aliphatic heterocycles. The standard InChI is InChI=1S/C10H20O4/c1-2-3-4-5-13-10-6-8(12)9(7-11)14-10/h8-12H,2-7H2,1H3/t8-,9+,10?/m0/s1. The lowest BCUT2D eigenvalue weighted by molar-refractivity contribution is -0.143. The second-order valence-corrected chi connectivity index (χ2v) is 3.67. The molecular formula is C10H20O4. The van der Waals surface area contributed by atoms with Gasteiger partial charge in [-0.3, -0.25) is 0 Å². The van der Waals surface area contributed by atoms with E-state index >= 15 is 0 Å². The average Bonchev–Trinajstić information content (AvgIpc) is 2.54. The van der Waals surface area contributed by atoms with E-state index in [2.05, 4.69) is 6.92 Å². The molecular weight excluding hydrogens is 184 g/mol. The molecule has 0 aromatic carbocycles. The Morgan fingerprint density at radius 1 is 1.43 bits per heavy atom. The van der Waals surface area contributed by atoms with Crippen molar-refractivity contribution < 1.29 is 19.7 Å². The van der Waals surface area contributed by atoms with Crippen LogP contribution in [0.15, 0.2) is 0 Å². The van der Waals surface area contributed by atoms with Crippen molar-refractivity contribution in [1.82, 2.24) is 0 Å². The maximum Gasteiger partial charge on any atom is 0.160 e. The van der Waals surface area contributed by atoms with Gasteiger partial charge >= 0.3 is 0 Å². The maximum absolute atomic E-state index is 9.40. The topological polar surface area (TPSA) is 58.9 Å². The van der Waals surface area contributed by atoms with Crippen molar-refractivity contribution >= 4 is 0 Å². The Bertz CT molecular complexity index is 151. The van der Waals surface area contributed by atoms with E-state index in [1.165, 1.54) is 0 Å². The van der Waals surface area contributed by atoms with Crippen molar-refractivity contribution in [2.75, 3.05) is 13.2 Å². The highest BCUT2D eigenvalue weighted by molar-refractivity contribution is 4.77. The van der Waals surface area contributed by atoms with Gasteiger partial charge in [-0.1, -0.05) is 19.8 Å². The maximum atomic E-state index is 9.40. The Kier molecular flexibility index (Phi) is 5.40. The van der Waals surface area contributed by atoms with Crippen molar-refractivity contribution in [3.05, 3.63) is 0 Å². The Labute approximate surface area is 84.8 Å². The summed E-state index contributed by atoms with van der Waals surface area (Å²) in [7, 11) is 0. The van der Waals surface area contributed by atoms with Gasteiger partial charge in [0.25, 0.3) is 0 Å². The summed E-state index contributed by atoms with van der Waals surface area (Å²) in [6, 6.07) is 0. The van der Waals surface area contributed by atoms with Crippen molar-refractivity contribution in [2.45, 2.75) is 51.1 Å². The van der Waals surface area contributed by atoms with Crippen LogP contribution in [0.3, 0.4) is 0 Å². The lowest BCUT2D eigenvalue weighted by atomic mass is 10.2. The van der Waals surface area contributed by atoms with Crippen LogP contribution in [0.1, 0.15) is 32.6 Å². The van der Waals surface area contributed by atoms with Crippen LogP contribution in [-0.2, 0) is 9.47 Å². The number of ether oxygens (including phenoxy) is 2. The third-order valence-corrected chi connectivity index (χ3v) is 2.42. The molecule has 0 saturated carbocycles. The molecule has 1 fully saturated rings. The highest BCUT2D eigenvalue weighted by Crippen LogP contribution is 2.21. The average molecular weight is 204 g/mol. The van der Waals surface area contributed by atoms with Crippen LogP contribution in [0.4, 0.5) is 0 Å². The van der Waals surface area contributed by atoms with Gasteiger partial charge in [0.2, 0.25) is 0 Å². The molecule has 84 valence electrons. The van der Waals surface area contributed by atoms with Crippen molar-refractivity contribution in [3.8, 4) is 0 Å². The summed E-state index contributed by atoms with van der Waals surface area (Å²) in [6.45, 7) is 2.66. The molecule has 0 aliphatic carbocycles. The van der Waals surface area contributed by atoms with E-state index in [4.69, 9.17) is 14.6 Å². The van der Waals surface area contributed by atoms with Crippen LogP contribution in [0.5, 0.6) is 0 Å². The van der Waals surface area contributed by atoms with Gasteiger partial charge in [0, 0.05) is 13.0 Å². The minimum atomic E-state index is -0.587. The zero-order valence-corrected chi connectivity index (χ0v) is 8.69. The van der Waals surface area contributed by atoms with Crippen LogP contribution in [0.25, 0.3) is 0 Å². The van der Waals surface area contributed by atoms with E-state index in [1.807, 2.05) is 0 Å². The van der Waals surface area contributed by atoms with Crippen LogP contribution >= 0.6 is 0 Å². The van der Waals surface area contributed by atoms with E-state index in [0.717, 1.165) is 19.3 Å². The van der Waals surface area contributed by atoms with Crippen LogP contribution in [0, 0.1) is 0 Å². The van der Waals surface area contributed by atoms with Gasteiger partial charge in [0.05, 0.1) is 12.7 Å². The smallest absolute Gasteiger partial charge is 0.160 e. The summed E-state index contributed by atoms with van der Waals surface area (Å²) >= 11 is 0. The normalized spacial score (nSPS) is 32.4. The Morgan fingerprint density at radius 2 is 2.21 bits per heavy atom. The van der Waals surface area contributed by atoms with Gasteiger partial charge in [-0.15, -0.1) is 0 Å². The lowest BCUT2D eigenvalue weighted by Gasteiger charge is -2.12. The first-order valence-corrected chi connectivity index (χ1v) is 5.34. The number of hydrogen-bond acceptors (Lipinski definition) is 4. The first-order valence-electron chi connectivity index (χ1n) is 5.34. The molecule has 14 heavy (non-hydrogen) atoms. The summed E-state index contributed by atoms with van der Waals surface area (Å²) in [4.78, 5) is 0. The van der Waals surface area contributed by atoms with Gasteiger partial charge in [-0.05, 0) is 6.42 Å². The summed E-state index contributed by atoms with van der Waals surface area (Å²) < 4.78 is 10.7. The van der Waals surface area contributed by atoms with Crippen LogP contribution in [-0.4, -0.2) is 41.9 Å². The molecule has 4 nitrogen and oxygen atoms in total. The number of unbranched alkanes of at least 4 members (excludes halogenated alkanes) is 2. The molecule has 3 atom stereocenters. The quantitative estimate of drug-likeness (QED) is 0.624. The third-order valence-electron chi connectivity index (χ3n) is 2.42. The minimum Gasteiger partial charge on any atom is -0.394 e. The highest BCUT2D eigenvalue weighted by Gasteiger charge is 2.33. The highest BCUT2D eigenvalue weighted by atomic mass is 16.7. The zero-order valence-electron chi connectivity index (χ0n) is 8.69. The molecule has 1 rings (SSSR count). The van der Waals surface area contributed by atoms with Crippen molar-refractivity contribution in [3.63, 3.8) is 0 Å². The second-order valence-electron chi connectivity index (χ2n) is 3.67. The van der Waals surface area contributed by atoms with E-state index < -0.39 is 12.2 Å². The molecule has 0 aromatic rings. The molecule has 2 N–H and O–H groups in total. The first kappa shape index (κ1) is 11.9. The molecule has 0 aromatic heterocycles. The molecule has 0 bridgehead atoms. The summed E-state index contributed by atoms with van der Waals surface area (Å²) in [5.41, 5.74) is 0. The second kappa shape index (κ2) is 6.35. The van der Waals surface area contributed by atoms with Crippen molar-refractivity contribution in [2.24, 2.45) is 0 Å². The van der Waals surface area contributed by atoms with Gasteiger partial charge in [0.15, 0.2) is 6.29 Å². The molecule has 1 saturated heterocycles. The Hall–Kier alpha value is -0.160. The SMILES string of the molecule is CCCCCOC1C[C@H](O)[C@@H](CO)O1.